The van der Waals surface area contributed by atoms with Gasteiger partial charge in [-0.25, -0.2) is 0 Å². The van der Waals surface area contributed by atoms with Gasteiger partial charge in [0.2, 0.25) is 0 Å². The van der Waals surface area contributed by atoms with Gasteiger partial charge in [0.25, 0.3) is 0 Å². The van der Waals surface area contributed by atoms with E-state index >= 15 is 0 Å². The Balaban J connectivity index is 1.64. The minimum atomic E-state index is -0.684. The average Bonchev–Trinajstić information content (AvgIpc) is 2.56. The summed E-state index contributed by atoms with van der Waals surface area (Å²) >= 11 is 12.3. The van der Waals surface area contributed by atoms with Gasteiger partial charge in [-0.1, -0.05) is 40.9 Å². The molecule has 0 bridgehead atoms. The molecule has 3 unspecified atom stereocenters. The second-order valence-corrected chi connectivity index (χ2v) is 7.99. The van der Waals surface area contributed by atoms with E-state index < -0.39 is 5.97 Å². The quantitative estimate of drug-likeness (QED) is 0.774. The van der Waals surface area contributed by atoms with Crippen LogP contribution in [0.25, 0.3) is 0 Å². The topological polar surface area (TPSA) is 66.6 Å². The van der Waals surface area contributed by atoms with Crippen LogP contribution >= 0.6 is 23.2 Å². The number of likely N-dealkylation sites (tertiary alicyclic amines) is 1. The fourth-order valence-corrected chi connectivity index (χ4v) is 4.52. The first-order chi connectivity index (χ1) is 11.9. The normalized spacial score (nSPS) is 27.8. The lowest BCUT2D eigenvalue weighted by Crippen LogP contribution is -2.41. The van der Waals surface area contributed by atoms with E-state index in [2.05, 4.69) is 11.0 Å². The Bertz CT molecular complexity index is 677. The third-order valence-electron chi connectivity index (χ3n) is 5.32. The molecule has 1 aliphatic heterocycles. The molecule has 0 amide bonds. The van der Waals surface area contributed by atoms with E-state index in [9.17, 15) is 9.90 Å². The SMILES string of the molecule is NC1CC(CN2CCCC(C(=O)O)C2)=CCC1c1ccc(Cl)cc1Cl. The summed E-state index contributed by atoms with van der Waals surface area (Å²) in [4.78, 5) is 13.5. The zero-order valence-electron chi connectivity index (χ0n) is 14.1. The van der Waals surface area contributed by atoms with Crippen LogP contribution in [0.1, 0.15) is 37.2 Å². The van der Waals surface area contributed by atoms with Gasteiger partial charge in [-0.05, 0) is 49.9 Å². The van der Waals surface area contributed by atoms with Gasteiger partial charge in [0, 0.05) is 35.1 Å². The third-order valence-corrected chi connectivity index (χ3v) is 5.88. The summed E-state index contributed by atoms with van der Waals surface area (Å²) in [6.07, 6.45) is 5.65. The smallest absolute Gasteiger partial charge is 0.307 e. The monoisotopic (exact) mass is 382 g/mol. The molecule has 25 heavy (non-hydrogen) atoms. The molecule has 1 heterocycles. The van der Waals surface area contributed by atoms with E-state index in [1.54, 1.807) is 6.07 Å². The van der Waals surface area contributed by atoms with E-state index in [-0.39, 0.29) is 17.9 Å². The zero-order chi connectivity index (χ0) is 18.0. The van der Waals surface area contributed by atoms with Gasteiger partial charge in [0.1, 0.15) is 0 Å². The van der Waals surface area contributed by atoms with Crippen molar-refractivity contribution < 1.29 is 9.90 Å². The van der Waals surface area contributed by atoms with Gasteiger partial charge in [-0.3, -0.25) is 9.69 Å². The van der Waals surface area contributed by atoms with Crippen LogP contribution in [0.5, 0.6) is 0 Å². The van der Waals surface area contributed by atoms with Gasteiger partial charge < -0.3 is 10.8 Å². The highest BCUT2D eigenvalue weighted by Gasteiger charge is 2.29. The lowest BCUT2D eigenvalue weighted by atomic mass is 9.80. The molecular weight excluding hydrogens is 359 g/mol. The van der Waals surface area contributed by atoms with E-state index in [0.29, 0.717) is 16.6 Å². The molecular formula is C19H24Cl2N2O2. The number of benzene rings is 1. The number of nitrogens with zero attached hydrogens (tertiary/aromatic N) is 1. The molecule has 6 heteroatoms. The maximum Gasteiger partial charge on any atom is 0.307 e. The van der Waals surface area contributed by atoms with E-state index in [0.717, 1.165) is 44.3 Å². The van der Waals surface area contributed by atoms with Crippen molar-refractivity contribution in [3.05, 3.63) is 45.5 Å². The molecule has 0 saturated carbocycles. The highest BCUT2D eigenvalue weighted by atomic mass is 35.5. The minimum absolute atomic E-state index is 0.0127. The number of halogens is 2. The predicted octanol–water partition coefficient (Wildman–Crippen LogP) is 3.92. The number of hydrogen-bond donors (Lipinski definition) is 2. The summed E-state index contributed by atoms with van der Waals surface area (Å²) in [5, 5.41) is 10.5. The van der Waals surface area contributed by atoms with Gasteiger partial charge in [0.05, 0.1) is 5.92 Å². The largest absolute Gasteiger partial charge is 0.481 e. The van der Waals surface area contributed by atoms with E-state index in [1.165, 1.54) is 5.57 Å². The number of allylic oxidation sites excluding steroid dienone is 1. The van der Waals surface area contributed by atoms with Crippen molar-refractivity contribution >= 4 is 29.2 Å². The summed E-state index contributed by atoms with van der Waals surface area (Å²) < 4.78 is 0. The van der Waals surface area contributed by atoms with E-state index in [4.69, 9.17) is 28.9 Å². The number of carbonyl (C=O) groups is 1. The first-order valence-electron chi connectivity index (χ1n) is 8.77. The zero-order valence-corrected chi connectivity index (χ0v) is 15.6. The van der Waals surface area contributed by atoms with Crippen molar-refractivity contribution in [3.8, 4) is 0 Å². The maximum atomic E-state index is 11.2. The number of hydrogen-bond acceptors (Lipinski definition) is 3. The molecule has 0 spiro atoms. The number of rotatable bonds is 4. The van der Waals surface area contributed by atoms with Crippen LogP contribution in [0.2, 0.25) is 10.0 Å². The van der Waals surface area contributed by atoms with Gasteiger partial charge in [-0.2, -0.15) is 0 Å². The molecule has 3 rings (SSSR count). The molecule has 2 aliphatic rings. The lowest BCUT2D eigenvalue weighted by molar-refractivity contribution is -0.143. The van der Waals surface area contributed by atoms with Crippen molar-refractivity contribution in [1.29, 1.82) is 0 Å². The van der Waals surface area contributed by atoms with Crippen LogP contribution in [-0.2, 0) is 4.79 Å². The van der Waals surface area contributed by atoms with Crippen LogP contribution in [-0.4, -0.2) is 41.7 Å². The molecule has 3 atom stereocenters. The Kier molecular flexibility index (Phi) is 6.05. The summed E-state index contributed by atoms with van der Waals surface area (Å²) in [5.74, 6) is -0.731. The third kappa shape index (κ3) is 4.56. The van der Waals surface area contributed by atoms with Crippen LogP contribution in [0.3, 0.4) is 0 Å². The van der Waals surface area contributed by atoms with E-state index in [1.807, 2.05) is 12.1 Å². The first-order valence-corrected chi connectivity index (χ1v) is 9.53. The summed E-state index contributed by atoms with van der Waals surface area (Å²) in [7, 11) is 0. The van der Waals surface area contributed by atoms with Gasteiger partial charge in [0.15, 0.2) is 0 Å². The van der Waals surface area contributed by atoms with Crippen LogP contribution < -0.4 is 5.73 Å². The Morgan fingerprint density at radius 1 is 1.36 bits per heavy atom. The molecule has 1 aromatic carbocycles. The summed E-state index contributed by atoms with van der Waals surface area (Å²) in [5.41, 5.74) is 8.80. The van der Waals surface area contributed by atoms with Crippen molar-refractivity contribution in [2.24, 2.45) is 11.7 Å². The lowest BCUT2D eigenvalue weighted by Gasteiger charge is -2.35. The molecule has 0 aromatic heterocycles. The Hall–Kier alpha value is -1.07. The van der Waals surface area contributed by atoms with Crippen molar-refractivity contribution in [1.82, 2.24) is 4.90 Å². The van der Waals surface area contributed by atoms with Crippen LogP contribution in [0, 0.1) is 5.92 Å². The Morgan fingerprint density at radius 2 is 2.16 bits per heavy atom. The molecule has 1 aromatic rings. The Labute approximate surface area is 158 Å². The summed E-state index contributed by atoms with van der Waals surface area (Å²) in [6, 6.07) is 5.60. The van der Waals surface area contributed by atoms with Crippen molar-refractivity contribution in [3.63, 3.8) is 0 Å². The standard InChI is InChI=1S/C19H24Cl2N2O2/c20-14-4-6-15(17(21)9-14)16-5-3-12(8-18(16)22)10-23-7-1-2-13(11-23)19(24)25/h3-4,6,9,13,16,18H,1-2,5,7-8,10-11,22H2,(H,24,25). The van der Waals surface area contributed by atoms with Crippen LogP contribution in [0.15, 0.2) is 29.8 Å². The fourth-order valence-electron chi connectivity index (χ4n) is 3.97. The Morgan fingerprint density at radius 3 is 2.84 bits per heavy atom. The van der Waals surface area contributed by atoms with Gasteiger partial charge in [-0.15, -0.1) is 0 Å². The molecule has 4 nitrogen and oxygen atoms in total. The second-order valence-electron chi connectivity index (χ2n) is 7.15. The molecule has 1 saturated heterocycles. The fraction of sp³-hybridized carbons (Fsp3) is 0.526. The first kappa shape index (κ1) is 18.7. The minimum Gasteiger partial charge on any atom is -0.481 e. The highest BCUT2D eigenvalue weighted by molar-refractivity contribution is 6.35. The summed E-state index contributed by atoms with van der Waals surface area (Å²) in [6.45, 7) is 2.41. The van der Waals surface area contributed by atoms with Gasteiger partial charge >= 0.3 is 5.97 Å². The average molecular weight is 383 g/mol. The van der Waals surface area contributed by atoms with Crippen LogP contribution in [0.4, 0.5) is 0 Å². The molecule has 136 valence electrons. The predicted molar refractivity (Wildman–Crippen MR) is 101 cm³/mol. The van der Waals surface area contributed by atoms with Crippen molar-refractivity contribution in [2.75, 3.05) is 19.6 Å². The number of aliphatic carboxylic acids is 1. The number of carboxylic acids is 1. The number of carboxylic acid groups (broad SMARTS) is 1. The number of nitrogens with two attached hydrogens (primary N) is 1. The molecule has 1 fully saturated rings. The number of piperidine rings is 1. The highest BCUT2D eigenvalue weighted by Crippen LogP contribution is 2.36. The molecule has 3 N–H and O–H groups in total. The maximum absolute atomic E-state index is 11.2. The molecule has 0 radical (unpaired) electrons. The molecule has 1 aliphatic carbocycles. The van der Waals surface area contributed by atoms with Crippen molar-refractivity contribution in [2.45, 2.75) is 37.6 Å². The second kappa shape index (κ2) is 8.09.